The monoisotopic (exact) mass is 330 g/mol. The first-order valence-corrected chi connectivity index (χ1v) is 8.24. The van der Waals surface area contributed by atoms with Crippen molar-refractivity contribution in [3.05, 3.63) is 64.4 Å². The van der Waals surface area contributed by atoms with Crippen LogP contribution in [0.1, 0.15) is 23.7 Å². The van der Waals surface area contributed by atoms with Crippen LogP contribution in [0.15, 0.2) is 47.6 Å². The van der Waals surface area contributed by atoms with Crippen LogP contribution in [-0.4, -0.2) is 24.0 Å². The zero-order valence-corrected chi connectivity index (χ0v) is 14.4. The summed E-state index contributed by atoms with van der Waals surface area (Å²) in [4.78, 5) is 8.89. The predicted octanol–water partition coefficient (Wildman–Crippen LogP) is 3.34. The number of nitrogens with one attached hydrogen (secondary N) is 2. The summed E-state index contributed by atoms with van der Waals surface area (Å²) < 4.78 is 0. The van der Waals surface area contributed by atoms with Crippen molar-refractivity contribution in [3.63, 3.8) is 0 Å². The first-order chi connectivity index (χ1) is 11.2. The van der Waals surface area contributed by atoms with Gasteiger partial charge < -0.3 is 10.6 Å². The lowest BCUT2D eigenvalue weighted by Crippen LogP contribution is -2.38. The molecule has 0 unspecified atom stereocenters. The van der Waals surface area contributed by atoms with E-state index in [1.54, 1.807) is 0 Å². The number of halogens is 1. The topological polar surface area (TPSA) is 49.3 Å². The molecule has 0 bridgehead atoms. The largest absolute Gasteiger partial charge is 0.357 e. The maximum Gasteiger partial charge on any atom is 0.191 e. The second kappa shape index (κ2) is 9.16. The van der Waals surface area contributed by atoms with Gasteiger partial charge in [0, 0.05) is 30.0 Å². The molecule has 23 heavy (non-hydrogen) atoms. The molecule has 0 aliphatic heterocycles. The zero-order valence-electron chi connectivity index (χ0n) is 13.6. The molecule has 0 aliphatic rings. The summed E-state index contributed by atoms with van der Waals surface area (Å²) in [6.07, 6.45) is 2.83. The molecule has 0 saturated heterocycles. The third kappa shape index (κ3) is 5.91. The lowest BCUT2D eigenvalue weighted by molar-refractivity contribution is 0.797. The lowest BCUT2D eigenvalue weighted by atomic mass is 10.2. The Labute approximate surface area is 143 Å². The number of aryl methyl sites for hydroxylation is 1. The van der Waals surface area contributed by atoms with E-state index in [4.69, 9.17) is 11.6 Å². The van der Waals surface area contributed by atoms with Crippen LogP contribution in [-0.2, 0) is 13.0 Å². The molecular formula is C18H23ClN4. The third-order valence-corrected chi connectivity index (χ3v) is 3.76. The lowest BCUT2D eigenvalue weighted by Gasteiger charge is -2.11. The molecule has 1 heterocycles. The number of rotatable bonds is 6. The number of nitrogens with zero attached hydrogens (tertiary/aromatic N) is 2. The van der Waals surface area contributed by atoms with Crippen molar-refractivity contribution in [1.82, 2.24) is 15.6 Å². The van der Waals surface area contributed by atoms with Gasteiger partial charge in [-0.1, -0.05) is 35.9 Å². The van der Waals surface area contributed by atoms with Gasteiger partial charge in [0.05, 0.1) is 6.54 Å². The maximum absolute atomic E-state index is 6.16. The smallest absolute Gasteiger partial charge is 0.191 e. The van der Waals surface area contributed by atoms with Crippen LogP contribution in [0.4, 0.5) is 0 Å². The molecule has 4 nitrogen and oxygen atoms in total. The summed E-state index contributed by atoms with van der Waals surface area (Å²) in [5.74, 6) is 0.799. The normalized spacial score (nSPS) is 11.3. The first kappa shape index (κ1) is 17.3. The number of guanidine groups is 1. The summed E-state index contributed by atoms with van der Waals surface area (Å²) in [6, 6.07) is 11.9. The molecule has 122 valence electrons. The highest BCUT2D eigenvalue weighted by atomic mass is 35.5. The Morgan fingerprint density at radius 1 is 1.17 bits per heavy atom. The van der Waals surface area contributed by atoms with E-state index in [9.17, 15) is 0 Å². The van der Waals surface area contributed by atoms with Gasteiger partial charge in [0.15, 0.2) is 5.96 Å². The number of hydrogen-bond acceptors (Lipinski definition) is 2. The van der Waals surface area contributed by atoms with Gasteiger partial charge in [-0.05, 0) is 43.5 Å². The molecule has 0 radical (unpaired) electrons. The number of pyridine rings is 1. The van der Waals surface area contributed by atoms with Crippen molar-refractivity contribution in [2.75, 3.05) is 13.1 Å². The average molecular weight is 331 g/mol. The third-order valence-electron chi connectivity index (χ3n) is 3.39. The fourth-order valence-corrected chi connectivity index (χ4v) is 2.30. The van der Waals surface area contributed by atoms with E-state index in [2.05, 4.69) is 33.6 Å². The highest BCUT2D eigenvalue weighted by Crippen LogP contribution is 2.15. The first-order valence-electron chi connectivity index (χ1n) is 7.86. The highest BCUT2D eigenvalue weighted by molar-refractivity contribution is 6.31. The predicted molar refractivity (Wildman–Crippen MR) is 96.9 cm³/mol. The Bertz CT molecular complexity index is 638. The van der Waals surface area contributed by atoms with E-state index in [-0.39, 0.29) is 0 Å². The maximum atomic E-state index is 6.16. The Morgan fingerprint density at radius 3 is 2.70 bits per heavy atom. The molecule has 2 rings (SSSR count). The van der Waals surface area contributed by atoms with Crippen LogP contribution in [0.5, 0.6) is 0 Å². The minimum atomic E-state index is 0.557. The van der Waals surface area contributed by atoms with Crippen LogP contribution in [0.25, 0.3) is 0 Å². The highest BCUT2D eigenvalue weighted by Gasteiger charge is 2.01. The molecule has 0 aliphatic carbocycles. The number of benzene rings is 1. The van der Waals surface area contributed by atoms with Gasteiger partial charge in [-0.15, -0.1) is 0 Å². The van der Waals surface area contributed by atoms with Crippen molar-refractivity contribution >= 4 is 17.6 Å². The average Bonchev–Trinajstić information content (AvgIpc) is 2.56. The van der Waals surface area contributed by atoms with E-state index in [0.29, 0.717) is 6.54 Å². The second-order valence-electron chi connectivity index (χ2n) is 5.27. The Balaban J connectivity index is 1.89. The van der Waals surface area contributed by atoms with Gasteiger partial charge in [0.25, 0.3) is 0 Å². The minimum Gasteiger partial charge on any atom is -0.357 e. The second-order valence-corrected chi connectivity index (χ2v) is 5.68. The minimum absolute atomic E-state index is 0.557. The summed E-state index contributed by atoms with van der Waals surface area (Å²) in [5.41, 5.74) is 3.27. The van der Waals surface area contributed by atoms with E-state index in [1.807, 2.05) is 43.5 Å². The molecule has 2 aromatic rings. The van der Waals surface area contributed by atoms with Crippen molar-refractivity contribution < 1.29 is 0 Å². The van der Waals surface area contributed by atoms with Gasteiger partial charge in [-0.2, -0.15) is 0 Å². The summed E-state index contributed by atoms with van der Waals surface area (Å²) >= 11 is 6.16. The van der Waals surface area contributed by atoms with Gasteiger partial charge in [-0.25, -0.2) is 4.99 Å². The van der Waals surface area contributed by atoms with Crippen LogP contribution >= 0.6 is 11.6 Å². The molecule has 0 atom stereocenters. The van der Waals surface area contributed by atoms with Crippen molar-refractivity contribution in [2.45, 2.75) is 26.8 Å². The summed E-state index contributed by atoms with van der Waals surface area (Å²) in [5, 5.41) is 7.34. The van der Waals surface area contributed by atoms with Crippen molar-refractivity contribution in [3.8, 4) is 0 Å². The molecular weight excluding hydrogens is 308 g/mol. The molecule has 5 heteroatoms. The molecule has 0 saturated carbocycles. The van der Waals surface area contributed by atoms with E-state index >= 15 is 0 Å². The molecule has 2 N–H and O–H groups in total. The van der Waals surface area contributed by atoms with Crippen LogP contribution in [0, 0.1) is 6.92 Å². The number of aromatic nitrogens is 1. The Kier molecular flexibility index (Phi) is 6.88. The summed E-state index contributed by atoms with van der Waals surface area (Å²) in [6.45, 7) is 6.23. The summed E-state index contributed by atoms with van der Waals surface area (Å²) in [7, 11) is 0. The van der Waals surface area contributed by atoms with Gasteiger partial charge >= 0.3 is 0 Å². The van der Waals surface area contributed by atoms with Crippen molar-refractivity contribution in [2.24, 2.45) is 4.99 Å². The van der Waals surface area contributed by atoms with E-state index in [0.717, 1.165) is 41.7 Å². The molecule has 1 aromatic carbocycles. The van der Waals surface area contributed by atoms with Crippen molar-refractivity contribution in [1.29, 1.82) is 0 Å². The van der Waals surface area contributed by atoms with E-state index in [1.165, 1.54) is 5.56 Å². The SMILES string of the molecule is CCNC(=NCc1ccccc1Cl)NCCc1ccc(C)nc1. The molecule has 1 aromatic heterocycles. The van der Waals surface area contributed by atoms with Crippen LogP contribution in [0.2, 0.25) is 5.02 Å². The van der Waals surface area contributed by atoms with Crippen LogP contribution < -0.4 is 10.6 Å². The molecule has 0 fully saturated rings. The Morgan fingerprint density at radius 2 is 2.00 bits per heavy atom. The van der Waals surface area contributed by atoms with E-state index < -0.39 is 0 Å². The Hall–Kier alpha value is -2.07. The van der Waals surface area contributed by atoms with Gasteiger partial charge in [0.2, 0.25) is 0 Å². The quantitative estimate of drug-likeness (QED) is 0.631. The standard InChI is InChI=1S/C18H23ClN4/c1-3-20-18(23-13-16-6-4-5-7-17(16)19)21-11-10-15-9-8-14(2)22-12-15/h4-9,12H,3,10-11,13H2,1-2H3,(H2,20,21,23). The fraction of sp³-hybridized carbons (Fsp3) is 0.333. The van der Waals surface area contributed by atoms with Gasteiger partial charge in [-0.3, -0.25) is 4.98 Å². The molecule has 0 spiro atoms. The fourth-order valence-electron chi connectivity index (χ4n) is 2.10. The number of hydrogen-bond donors (Lipinski definition) is 2. The van der Waals surface area contributed by atoms with Gasteiger partial charge in [0.1, 0.15) is 0 Å². The zero-order chi connectivity index (χ0) is 16.5. The number of aliphatic imine (C=N–C) groups is 1. The molecule has 0 amide bonds. The van der Waals surface area contributed by atoms with Crippen LogP contribution in [0.3, 0.4) is 0 Å².